The molecule has 0 atom stereocenters. The molecule has 4 heteroatoms. The van der Waals surface area contributed by atoms with Gasteiger partial charge in [0.1, 0.15) is 12.2 Å². The second-order valence-electron chi connectivity index (χ2n) is 6.57. The van der Waals surface area contributed by atoms with Crippen molar-refractivity contribution in [1.82, 2.24) is 19.5 Å². The molecule has 0 spiro atoms. The molecule has 0 radical (unpaired) electrons. The standard InChI is InChI=1S/C22H20N4/c1-15-4-6-18(7-5-15)22-25-8-9-26(22)21-16(2)10-19(11-17(21)3)20-12-23-14-24-13-20/h4-14H,1-3H3. The van der Waals surface area contributed by atoms with Gasteiger partial charge >= 0.3 is 0 Å². The van der Waals surface area contributed by atoms with Gasteiger partial charge in [-0.25, -0.2) is 15.0 Å². The lowest BCUT2D eigenvalue weighted by Gasteiger charge is -2.16. The van der Waals surface area contributed by atoms with Gasteiger partial charge in [0.25, 0.3) is 0 Å². The van der Waals surface area contributed by atoms with E-state index in [2.05, 4.69) is 76.7 Å². The average Bonchev–Trinajstić information content (AvgIpc) is 3.12. The van der Waals surface area contributed by atoms with E-state index in [0.29, 0.717) is 0 Å². The highest BCUT2D eigenvalue weighted by molar-refractivity contribution is 5.69. The van der Waals surface area contributed by atoms with E-state index in [0.717, 1.165) is 22.5 Å². The molecule has 4 aromatic rings. The maximum absolute atomic E-state index is 4.60. The van der Waals surface area contributed by atoms with Gasteiger partial charge < -0.3 is 0 Å². The Kier molecular flexibility index (Phi) is 4.09. The first kappa shape index (κ1) is 16.2. The van der Waals surface area contributed by atoms with E-state index < -0.39 is 0 Å². The lowest BCUT2D eigenvalue weighted by atomic mass is 10.00. The van der Waals surface area contributed by atoms with Crippen LogP contribution in [0.25, 0.3) is 28.2 Å². The molecule has 4 rings (SSSR count). The van der Waals surface area contributed by atoms with Crippen molar-refractivity contribution >= 4 is 0 Å². The summed E-state index contributed by atoms with van der Waals surface area (Å²) in [6, 6.07) is 12.8. The van der Waals surface area contributed by atoms with Gasteiger partial charge in [-0.05, 0) is 49.6 Å². The smallest absolute Gasteiger partial charge is 0.144 e. The Bertz CT molecular complexity index is 1020. The Balaban J connectivity index is 1.83. The van der Waals surface area contributed by atoms with Gasteiger partial charge in [0.2, 0.25) is 0 Å². The molecule has 0 saturated carbocycles. The molecule has 0 unspecified atom stereocenters. The Morgan fingerprint density at radius 2 is 1.42 bits per heavy atom. The van der Waals surface area contributed by atoms with Crippen molar-refractivity contribution in [3.05, 3.63) is 84.2 Å². The largest absolute Gasteiger partial charge is 0.299 e. The van der Waals surface area contributed by atoms with Crippen molar-refractivity contribution in [3.8, 4) is 28.2 Å². The van der Waals surface area contributed by atoms with Crippen molar-refractivity contribution in [2.45, 2.75) is 20.8 Å². The predicted octanol–water partition coefficient (Wildman–Crippen LogP) is 4.92. The zero-order chi connectivity index (χ0) is 18.1. The van der Waals surface area contributed by atoms with Crippen LogP contribution in [-0.4, -0.2) is 19.5 Å². The van der Waals surface area contributed by atoms with E-state index in [1.165, 1.54) is 22.4 Å². The topological polar surface area (TPSA) is 43.6 Å². The van der Waals surface area contributed by atoms with Gasteiger partial charge in [0.05, 0.1) is 5.69 Å². The highest BCUT2D eigenvalue weighted by Crippen LogP contribution is 2.30. The molecule has 0 aliphatic heterocycles. The molecule has 128 valence electrons. The van der Waals surface area contributed by atoms with Crippen molar-refractivity contribution in [3.63, 3.8) is 0 Å². The van der Waals surface area contributed by atoms with Crippen LogP contribution < -0.4 is 0 Å². The zero-order valence-corrected chi connectivity index (χ0v) is 15.1. The summed E-state index contributed by atoms with van der Waals surface area (Å²) in [5, 5.41) is 0. The summed E-state index contributed by atoms with van der Waals surface area (Å²) < 4.78 is 2.17. The Morgan fingerprint density at radius 1 is 0.769 bits per heavy atom. The fourth-order valence-corrected chi connectivity index (χ4v) is 3.35. The molecule has 0 aliphatic rings. The highest BCUT2D eigenvalue weighted by Gasteiger charge is 2.13. The number of rotatable bonds is 3. The quantitative estimate of drug-likeness (QED) is 0.531. The van der Waals surface area contributed by atoms with Crippen LogP contribution in [0.4, 0.5) is 0 Å². The number of hydrogen-bond donors (Lipinski definition) is 0. The van der Waals surface area contributed by atoms with E-state index in [1.54, 1.807) is 6.33 Å². The predicted molar refractivity (Wildman–Crippen MR) is 104 cm³/mol. The molecule has 0 saturated heterocycles. The van der Waals surface area contributed by atoms with Crippen molar-refractivity contribution < 1.29 is 0 Å². The fourth-order valence-electron chi connectivity index (χ4n) is 3.35. The monoisotopic (exact) mass is 340 g/mol. The molecular formula is C22H20N4. The van der Waals surface area contributed by atoms with Crippen LogP contribution in [0, 0.1) is 20.8 Å². The minimum absolute atomic E-state index is 0.951. The fraction of sp³-hybridized carbons (Fsp3) is 0.136. The molecule has 0 fully saturated rings. The molecule has 4 nitrogen and oxygen atoms in total. The third-order valence-corrected chi connectivity index (χ3v) is 4.58. The minimum Gasteiger partial charge on any atom is -0.299 e. The number of benzene rings is 2. The second kappa shape index (κ2) is 6.56. The molecule has 0 N–H and O–H groups in total. The summed E-state index contributed by atoms with van der Waals surface area (Å²) in [4.78, 5) is 12.9. The summed E-state index contributed by atoms with van der Waals surface area (Å²) in [6.07, 6.45) is 9.12. The average molecular weight is 340 g/mol. The molecule has 0 bridgehead atoms. The van der Waals surface area contributed by atoms with Crippen LogP contribution in [0.15, 0.2) is 67.5 Å². The van der Waals surface area contributed by atoms with Gasteiger partial charge in [0.15, 0.2) is 0 Å². The van der Waals surface area contributed by atoms with Gasteiger partial charge in [-0.1, -0.05) is 29.8 Å². The van der Waals surface area contributed by atoms with E-state index in [9.17, 15) is 0 Å². The van der Waals surface area contributed by atoms with Crippen LogP contribution in [0.5, 0.6) is 0 Å². The number of imidazole rings is 1. The number of hydrogen-bond acceptors (Lipinski definition) is 3. The molecule has 2 heterocycles. The normalized spacial score (nSPS) is 10.9. The highest BCUT2D eigenvalue weighted by atomic mass is 15.1. The Hall–Kier alpha value is -3.27. The lowest BCUT2D eigenvalue weighted by molar-refractivity contribution is 1.03. The van der Waals surface area contributed by atoms with Crippen LogP contribution in [0.1, 0.15) is 16.7 Å². The first-order valence-electron chi connectivity index (χ1n) is 8.61. The molecule has 2 aromatic carbocycles. The van der Waals surface area contributed by atoms with E-state index in [1.807, 2.05) is 24.8 Å². The van der Waals surface area contributed by atoms with Gasteiger partial charge in [-0.2, -0.15) is 0 Å². The molecule has 0 amide bonds. The number of aromatic nitrogens is 4. The van der Waals surface area contributed by atoms with E-state index in [-0.39, 0.29) is 0 Å². The first-order chi connectivity index (χ1) is 12.6. The summed E-state index contributed by atoms with van der Waals surface area (Å²) in [5.74, 6) is 0.951. The van der Waals surface area contributed by atoms with Crippen molar-refractivity contribution in [2.75, 3.05) is 0 Å². The van der Waals surface area contributed by atoms with Gasteiger partial charge in [0, 0.05) is 35.9 Å². The molecular weight excluding hydrogens is 320 g/mol. The van der Waals surface area contributed by atoms with Crippen LogP contribution in [0.2, 0.25) is 0 Å². The minimum atomic E-state index is 0.951. The molecule has 0 aliphatic carbocycles. The van der Waals surface area contributed by atoms with E-state index >= 15 is 0 Å². The second-order valence-corrected chi connectivity index (χ2v) is 6.57. The Morgan fingerprint density at radius 3 is 2.08 bits per heavy atom. The van der Waals surface area contributed by atoms with Crippen molar-refractivity contribution in [2.24, 2.45) is 0 Å². The summed E-state index contributed by atoms with van der Waals surface area (Å²) in [7, 11) is 0. The van der Waals surface area contributed by atoms with Crippen LogP contribution >= 0.6 is 0 Å². The maximum Gasteiger partial charge on any atom is 0.144 e. The van der Waals surface area contributed by atoms with Gasteiger partial charge in [-0.3, -0.25) is 4.57 Å². The number of nitrogens with zero attached hydrogens (tertiary/aromatic N) is 4. The molecule has 2 aromatic heterocycles. The van der Waals surface area contributed by atoms with Crippen molar-refractivity contribution in [1.29, 1.82) is 0 Å². The summed E-state index contributed by atoms with van der Waals surface area (Å²) in [6.45, 7) is 6.36. The van der Waals surface area contributed by atoms with Crippen LogP contribution in [0.3, 0.4) is 0 Å². The molecule has 26 heavy (non-hydrogen) atoms. The maximum atomic E-state index is 4.60. The van der Waals surface area contributed by atoms with E-state index in [4.69, 9.17) is 0 Å². The summed E-state index contributed by atoms with van der Waals surface area (Å²) >= 11 is 0. The third kappa shape index (κ3) is 2.90. The SMILES string of the molecule is Cc1ccc(-c2nccn2-c2c(C)cc(-c3cncnc3)cc2C)cc1. The summed E-state index contributed by atoms with van der Waals surface area (Å²) in [5.41, 5.74) is 8.05. The van der Waals surface area contributed by atoms with Crippen LogP contribution in [-0.2, 0) is 0 Å². The first-order valence-corrected chi connectivity index (χ1v) is 8.61. The Labute approximate surface area is 153 Å². The third-order valence-electron chi connectivity index (χ3n) is 4.58. The lowest BCUT2D eigenvalue weighted by Crippen LogP contribution is -2.02. The van der Waals surface area contributed by atoms with Gasteiger partial charge in [-0.15, -0.1) is 0 Å². The zero-order valence-electron chi connectivity index (χ0n) is 15.1. The number of aryl methyl sites for hydroxylation is 3.